The minimum absolute atomic E-state index is 0.0899. The summed E-state index contributed by atoms with van der Waals surface area (Å²) in [4.78, 5) is 38.0. The number of ether oxygens (including phenoxy) is 3. The number of rotatable bonds is 54. The van der Waals surface area contributed by atoms with Gasteiger partial charge in [-0.15, -0.1) is 0 Å². The molecule has 1 atom stereocenters. The number of esters is 3. The summed E-state index contributed by atoms with van der Waals surface area (Å²) in [6, 6.07) is 0. The van der Waals surface area contributed by atoms with Crippen molar-refractivity contribution in [3.8, 4) is 0 Å². The average Bonchev–Trinajstić information content (AvgIpc) is 3.40. The van der Waals surface area contributed by atoms with Gasteiger partial charge in [0.25, 0.3) is 0 Å². The summed E-state index contributed by atoms with van der Waals surface area (Å²) in [7, 11) is 0. The number of carbonyl (C=O) groups is 3. The fourth-order valence-electron chi connectivity index (χ4n) is 8.13. The molecule has 0 aliphatic heterocycles. The highest BCUT2D eigenvalue weighted by molar-refractivity contribution is 5.71. The average molecular weight is 1030 g/mol. The molecule has 0 saturated heterocycles. The van der Waals surface area contributed by atoms with Crippen molar-refractivity contribution in [2.24, 2.45) is 0 Å². The van der Waals surface area contributed by atoms with Crippen molar-refractivity contribution in [1.29, 1.82) is 0 Å². The van der Waals surface area contributed by atoms with Crippen LogP contribution in [0.4, 0.5) is 0 Å². The zero-order chi connectivity index (χ0) is 53.6. The Hall–Kier alpha value is -4.19. The first-order valence-electron chi connectivity index (χ1n) is 30.5. The topological polar surface area (TPSA) is 78.9 Å². The molecule has 0 aromatic carbocycles. The molecule has 0 radical (unpaired) electrons. The zero-order valence-corrected chi connectivity index (χ0v) is 48.1. The van der Waals surface area contributed by atoms with Crippen molar-refractivity contribution in [2.75, 3.05) is 13.2 Å². The summed E-state index contributed by atoms with van der Waals surface area (Å²) in [6.07, 6.45) is 85.1. The van der Waals surface area contributed by atoms with Gasteiger partial charge in [-0.2, -0.15) is 0 Å². The first-order chi connectivity index (χ1) is 36.5. The summed E-state index contributed by atoms with van der Waals surface area (Å²) >= 11 is 0. The van der Waals surface area contributed by atoms with Crippen molar-refractivity contribution in [1.82, 2.24) is 0 Å². The highest BCUT2D eigenvalue weighted by Crippen LogP contribution is 2.14. The molecule has 6 heteroatoms. The SMILES string of the molecule is CC/C=C\C/C=C\C/C=C\C/C=C\C/C=C\C/C=C\C/C=C\C/C=C\CCCCCCC(=O)OCC(COC(=O)CCCCCCCC)OC(=O)CCCCCCCCCCC/C=C\C/C=C\CCCCCCC. The summed E-state index contributed by atoms with van der Waals surface area (Å²) < 4.78 is 16.8. The van der Waals surface area contributed by atoms with Gasteiger partial charge in [-0.05, 0) is 116 Å². The van der Waals surface area contributed by atoms with Crippen LogP contribution in [0.1, 0.15) is 271 Å². The van der Waals surface area contributed by atoms with Crippen LogP contribution in [-0.4, -0.2) is 37.2 Å². The first-order valence-corrected chi connectivity index (χ1v) is 30.5. The van der Waals surface area contributed by atoms with Gasteiger partial charge in [0.05, 0.1) is 0 Å². The Morgan fingerprint density at radius 2 is 0.527 bits per heavy atom. The number of allylic oxidation sites excluding steroid dienone is 20. The van der Waals surface area contributed by atoms with Gasteiger partial charge in [-0.25, -0.2) is 0 Å². The van der Waals surface area contributed by atoms with Gasteiger partial charge in [-0.3, -0.25) is 14.4 Å². The molecule has 0 rings (SSSR count). The van der Waals surface area contributed by atoms with Crippen molar-refractivity contribution < 1.29 is 28.6 Å². The van der Waals surface area contributed by atoms with Crippen LogP contribution in [0.25, 0.3) is 0 Å². The molecule has 1 unspecified atom stereocenters. The largest absolute Gasteiger partial charge is 0.462 e. The van der Waals surface area contributed by atoms with Crippen LogP contribution >= 0.6 is 0 Å². The Kier molecular flexibility index (Phi) is 57.9. The lowest BCUT2D eigenvalue weighted by Gasteiger charge is -2.18. The minimum Gasteiger partial charge on any atom is -0.462 e. The summed E-state index contributed by atoms with van der Waals surface area (Å²) in [6.45, 7) is 6.43. The molecule has 0 amide bonds. The summed E-state index contributed by atoms with van der Waals surface area (Å²) in [5.74, 6) is -0.930. The molecule has 0 N–H and O–H groups in total. The molecule has 0 aromatic rings. The quantitative estimate of drug-likeness (QED) is 0.0261. The van der Waals surface area contributed by atoms with E-state index >= 15 is 0 Å². The molecular weight excluding hydrogens is 913 g/mol. The first kappa shape index (κ1) is 69.8. The maximum absolute atomic E-state index is 12.8. The molecule has 6 nitrogen and oxygen atoms in total. The van der Waals surface area contributed by atoms with Gasteiger partial charge in [0.15, 0.2) is 6.10 Å². The van der Waals surface area contributed by atoms with E-state index in [1.54, 1.807) is 0 Å². The highest BCUT2D eigenvalue weighted by atomic mass is 16.6. The van der Waals surface area contributed by atoms with Gasteiger partial charge < -0.3 is 14.2 Å². The normalized spacial score (nSPS) is 13.0. The molecule has 0 saturated carbocycles. The third kappa shape index (κ3) is 58.7. The second-order valence-corrected chi connectivity index (χ2v) is 19.9. The van der Waals surface area contributed by atoms with Crippen LogP contribution in [0.2, 0.25) is 0 Å². The zero-order valence-electron chi connectivity index (χ0n) is 48.1. The van der Waals surface area contributed by atoms with E-state index in [4.69, 9.17) is 14.2 Å². The maximum Gasteiger partial charge on any atom is 0.306 e. The lowest BCUT2D eigenvalue weighted by Crippen LogP contribution is -2.30. The van der Waals surface area contributed by atoms with E-state index in [-0.39, 0.29) is 31.1 Å². The Labute approximate surface area is 456 Å². The number of hydrogen-bond acceptors (Lipinski definition) is 6. The molecule has 0 bridgehead atoms. The van der Waals surface area contributed by atoms with E-state index in [0.29, 0.717) is 19.3 Å². The molecule has 0 fully saturated rings. The van der Waals surface area contributed by atoms with Crippen molar-refractivity contribution in [3.63, 3.8) is 0 Å². The Morgan fingerprint density at radius 3 is 0.824 bits per heavy atom. The smallest absolute Gasteiger partial charge is 0.306 e. The van der Waals surface area contributed by atoms with Crippen LogP contribution in [-0.2, 0) is 28.6 Å². The predicted octanol–water partition coefficient (Wildman–Crippen LogP) is 20.8. The Bertz CT molecular complexity index is 1550. The molecular formula is C68H112O6. The van der Waals surface area contributed by atoms with E-state index in [1.807, 2.05) is 0 Å². The highest BCUT2D eigenvalue weighted by Gasteiger charge is 2.19. The molecule has 0 heterocycles. The fourth-order valence-corrected chi connectivity index (χ4v) is 8.13. The number of unbranched alkanes of at least 4 members (excludes halogenated alkanes) is 23. The third-order valence-corrected chi connectivity index (χ3v) is 12.7. The number of carbonyl (C=O) groups excluding carboxylic acids is 3. The molecule has 0 aromatic heterocycles. The standard InChI is InChI=1S/C68H112O6/c1-4-7-10-13-16-18-20-22-24-26-28-30-31-32-33-34-35-36-37-39-40-42-44-46-48-50-52-55-58-61-67(70)73-64-65(63-72-66(69)60-57-54-15-12-9-6-3)74-68(71)62-59-56-53-51-49-47-45-43-41-38-29-27-25-23-21-19-17-14-11-8-5-2/h7,10,16,18,21-24,27-30,32-33,35-36,39-40,44,46,65H,4-6,8-9,11-15,17,19-20,25-26,31,34,37-38,41-43,45,47-64H2,1-3H3/b10-7-,18-16-,23-21-,24-22-,29-27-,30-28-,33-32-,36-35-,40-39-,46-44-. The minimum atomic E-state index is -0.791. The monoisotopic (exact) mass is 1020 g/mol. The Balaban J connectivity index is 4.21. The molecule has 74 heavy (non-hydrogen) atoms. The summed E-state index contributed by atoms with van der Waals surface area (Å²) in [5, 5.41) is 0. The Morgan fingerprint density at radius 1 is 0.284 bits per heavy atom. The van der Waals surface area contributed by atoms with Crippen LogP contribution in [0.15, 0.2) is 122 Å². The van der Waals surface area contributed by atoms with Crippen LogP contribution in [0, 0.1) is 0 Å². The third-order valence-electron chi connectivity index (χ3n) is 12.7. The van der Waals surface area contributed by atoms with Gasteiger partial charge in [0.2, 0.25) is 0 Å². The fraction of sp³-hybridized carbons (Fsp3) is 0.662. The second kappa shape index (κ2) is 61.4. The summed E-state index contributed by atoms with van der Waals surface area (Å²) in [5.41, 5.74) is 0. The van der Waals surface area contributed by atoms with E-state index < -0.39 is 6.10 Å². The van der Waals surface area contributed by atoms with Gasteiger partial charge in [0, 0.05) is 19.3 Å². The van der Waals surface area contributed by atoms with E-state index in [9.17, 15) is 14.4 Å². The lowest BCUT2D eigenvalue weighted by atomic mass is 10.1. The van der Waals surface area contributed by atoms with Gasteiger partial charge >= 0.3 is 17.9 Å². The van der Waals surface area contributed by atoms with Gasteiger partial charge in [-0.1, -0.05) is 258 Å². The van der Waals surface area contributed by atoms with Crippen LogP contribution in [0.5, 0.6) is 0 Å². The van der Waals surface area contributed by atoms with Crippen LogP contribution < -0.4 is 0 Å². The molecule has 0 spiro atoms. The predicted molar refractivity (Wildman–Crippen MR) is 320 cm³/mol. The van der Waals surface area contributed by atoms with Gasteiger partial charge in [0.1, 0.15) is 13.2 Å². The molecule has 0 aliphatic rings. The van der Waals surface area contributed by atoms with Crippen molar-refractivity contribution in [2.45, 2.75) is 277 Å². The lowest BCUT2D eigenvalue weighted by molar-refractivity contribution is -0.167. The van der Waals surface area contributed by atoms with Crippen LogP contribution in [0.3, 0.4) is 0 Å². The number of hydrogen-bond donors (Lipinski definition) is 0. The van der Waals surface area contributed by atoms with Crippen molar-refractivity contribution >= 4 is 17.9 Å². The molecule has 0 aliphatic carbocycles. The van der Waals surface area contributed by atoms with E-state index in [2.05, 4.69) is 142 Å². The second-order valence-electron chi connectivity index (χ2n) is 19.9. The molecule has 420 valence electrons. The maximum atomic E-state index is 12.8. The van der Waals surface area contributed by atoms with Crippen molar-refractivity contribution in [3.05, 3.63) is 122 Å². The van der Waals surface area contributed by atoms with E-state index in [0.717, 1.165) is 128 Å². The van der Waals surface area contributed by atoms with E-state index in [1.165, 1.54) is 103 Å².